The molecule has 0 bridgehead atoms. The molecule has 0 aromatic carbocycles. The van der Waals surface area contributed by atoms with Crippen LogP contribution >= 0.6 is 0 Å². The van der Waals surface area contributed by atoms with Crippen LogP contribution in [0.4, 0.5) is 18.9 Å². The minimum atomic E-state index is -5.10. The minimum absolute atomic E-state index is 0.474. The van der Waals surface area contributed by atoms with Gasteiger partial charge < -0.3 is 14.6 Å². The van der Waals surface area contributed by atoms with Crippen LogP contribution in [-0.2, 0) is 11.2 Å². The van der Waals surface area contributed by atoms with Crippen molar-refractivity contribution in [3.8, 4) is 11.6 Å². The van der Waals surface area contributed by atoms with Crippen molar-refractivity contribution in [3.05, 3.63) is 21.9 Å². The largest absolute Gasteiger partial charge is 0.574 e. The highest BCUT2D eigenvalue weighted by molar-refractivity contribution is 5.74. The SMILES string of the molecule is COc1c(OC(F)(F)F)ncc([N+](=O)[O-])c1CC(=O)O. The van der Waals surface area contributed by atoms with E-state index in [1.807, 2.05) is 0 Å². The number of rotatable bonds is 5. The van der Waals surface area contributed by atoms with Crippen molar-refractivity contribution in [2.45, 2.75) is 12.8 Å². The normalized spacial score (nSPS) is 11.0. The second-order valence-electron chi connectivity index (χ2n) is 3.34. The van der Waals surface area contributed by atoms with E-state index in [1.165, 1.54) is 0 Å². The third-order valence-electron chi connectivity index (χ3n) is 2.02. The average molecular weight is 296 g/mol. The molecule has 1 N–H and O–H groups in total. The number of hydrogen-bond donors (Lipinski definition) is 1. The summed E-state index contributed by atoms with van der Waals surface area (Å²) >= 11 is 0. The van der Waals surface area contributed by atoms with Gasteiger partial charge in [0, 0.05) is 0 Å². The van der Waals surface area contributed by atoms with E-state index in [1.54, 1.807) is 0 Å². The molecule has 0 amide bonds. The van der Waals surface area contributed by atoms with Gasteiger partial charge in [0.2, 0.25) is 0 Å². The van der Waals surface area contributed by atoms with E-state index in [9.17, 15) is 28.1 Å². The summed E-state index contributed by atoms with van der Waals surface area (Å²) in [7, 11) is 0.912. The van der Waals surface area contributed by atoms with Gasteiger partial charge in [-0.25, -0.2) is 4.98 Å². The van der Waals surface area contributed by atoms with Crippen LogP contribution in [0.15, 0.2) is 6.20 Å². The predicted octanol–water partition coefficient (Wildman–Crippen LogP) is 1.52. The summed E-state index contributed by atoms with van der Waals surface area (Å²) in [5.74, 6) is -3.34. The van der Waals surface area contributed by atoms with Crippen molar-refractivity contribution in [2.24, 2.45) is 0 Å². The van der Waals surface area contributed by atoms with Crippen LogP contribution in [0.5, 0.6) is 11.6 Å². The zero-order chi connectivity index (χ0) is 15.5. The molecule has 1 aromatic rings. The lowest BCUT2D eigenvalue weighted by Gasteiger charge is -2.13. The number of hydrogen-bond acceptors (Lipinski definition) is 6. The van der Waals surface area contributed by atoms with Crippen LogP contribution in [0.2, 0.25) is 0 Å². The van der Waals surface area contributed by atoms with Gasteiger partial charge in [0.15, 0.2) is 5.75 Å². The molecule has 0 aliphatic rings. The summed E-state index contributed by atoms with van der Waals surface area (Å²) < 4.78 is 44.5. The van der Waals surface area contributed by atoms with Gasteiger partial charge in [-0.1, -0.05) is 0 Å². The Kier molecular flexibility index (Phi) is 4.32. The maximum Gasteiger partial charge on any atom is 0.574 e. The highest BCUT2D eigenvalue weighted by atomic mass is 19.4. The lowest BCUT2D eigenvalue weighted by Crippen LogP contribution is -2.19. The third-order valence-corrected chi connectivity index (χ3v) is 2.02. The van der Waals surface area contributed by atoms with Crippen LogP contribution in [0.3, 0.4) is 0 Å². The summed E-state index contributed by atoms with van der Waals surface area (Å²) in [6, 6.07) is 0. The van der Waals surface area contributed by atoms with Crippen LogP contribution in [0.1, 0.15) is 5.56 Å². The zero-order valence-electron chi connectivity index (χ0n) is 9.80. The molecular formula is C9H7F3N2O6. The topological polar surface area (TPSA) is 112 Å². The third kappa shape index (κ3) is 3.70. The van der Waals surface area contributed by atoms with Gasteiger partial charge in [0.1, 0.15) is 6.20 Å². The molecule has 0 atom stereocenters. The smallest absolute Gasteiger partial charge is 0.491 e. The first-order valence-electron chi connectivity index (χ1n) is 4.83. The van der Waals surface area contributed by atoms with Gasteiger partial charge >= 0.3 is 12.3 Å². The molecule has 0 fully saturated rings. The molecule has 0 saturated carbocycles. The van der Waals surface area contributed by atoms with E-state index in [4.69, 9.17) is 5.11 Å². The number of nitro groups is 1. The summed E-state index contributed by atoms with van der Waals surface area (Å²) in [6.45, 7) is 0. The number of halogens is 3. The Bertz CT molecular complexity index is 545. The number of pyridine rings is 1. The van der Waals surface area contributed by atoms with Crippen molar-refractivity contribution in [2.75, 3.05) is 7.11 Å². The number of aromatic nitrogens is 1. The van der Waals surface area contributed by atoms with Gasteiger partial charge in [0.25, 0.3) is 11.6 Å². The summed E-state index contributed by atoms with van der Waals surface area (Å²) in [4.78, 5) is 23.5. The fourth-order valence-corrected chi connectivity index (χ4v) is 1.37. The quantitative estimate of drug-likeness (QED) is 0.647. The van der Waals surface area contributed by atoms with E-state index >= 15 is 0 Å². The Hall–Kier alpha value is -2.59. The summed E-state index contributed by atoms with van der Waals surface area (Å²) in [5.41, 5.74) is -1.35. The molecule has 0 unspecified atom stereocenters. The molecule has 110 valence electrons. The molecule has 1 rings (SSSR count). The number of carboxylic acids is 1. The fourth-order valence-electron chi connectivity index (χ4n) is 1.37. The molecule has 0 spiro atoms. The fraction of sp³-hybridized carbons (Fsp3) is 0.333. The standard InChI is InChI=1S/C9H7F3N2O6/c1-19-7-4(2-6(15)16)5(14(17)18)3-13-8(7)20-9(10,11)12/h3H,2H2,1H3,(H,15,16). The number of alkyl halides is 3. The van der Waals surface area contributed by atoms with Gasteiger partial charge in [-0.2, -0.15) is 0 Å². The Balaban J connectivity index is 3.43. The number of ether oxygens (including phenoxy) is 2. The maximum absolute atomic E-state index is 12.1. The number of carbonyl (C=O) groups is 1. The summed E-state index contributed by atoms with van der Waals surface area (Å²) in [5, 5.41) is 19.4. The molecule has 0 aliphatic carbocycles. The lowest BCUT2D eigenvalue weighted by molar-refractivity contribution is -0.386. The highest BCUT2D eigenvalue weighted by Crippen LogP contribution is 2.37. The Morgan fingerprint density at radius 3 is 2.55 bits per heavy atom. The maximum atomic E-state index is 12.1. The first-order valence-corrected chi connectivity index (χ1v) is 4.83. The molecule has 0 aliphatic heterocycles. The number of aliphatic carboxylic acids is 1. The molecule has 0 saturated heterocycles. The second-order valence-corrected chi connectivity index (χ2v) is 3.34. The number of methoxy groups -OCH3 is 1. The number of nitrogens with zero attached hydrogens (tertiary/aromatic N) is 2. The average Bonchev–Trinajstić information content (AvgIpc) is 2.25. The second kappa shape index (κ2) is 5.59. The van der Waals surface area contributed by atoms with E-state index in [0.717, 1.165) is 7.11 Å². The van der Waals surface area contributed by atoms with Crippen molar-refractivity contribution in [1.29, 1.82) is 0 Å². The van der Waals surface area contributed by atoms with Gasteiger partial charge in [-0.05, 0) is 0 Å². The lowest BCUT2D eigenvalue weighted by atomic mass is 10.1. The number of carboxylic acid groups (broad SMARTS) is 1. The monoisotopic (exact) mass is 296 g/mol. The molecular weight excluding hydrogens is 289 g/mol. The molecule has 8 nitrogen and oxygen atoms in total. The molecule has 0 radical (unpaired) electrons. The van der Waals surface area contributed by atoms with Gasteiger partial charge in [0.05, 0.1) is 24.0 Å². The highest BCUT2D eigenvalue weighted by Gasteiger charge is 2.35. The summed E-state index contributed by atoms with van der Waals surface area (Å²) in [6.07, 6.45) is -5.55. The minimum Gasteiger partial charge on any atom is -0.491 e. The Morgan fingerprint density at radius 1 is 1.55 bits per heavy atom. The van der Waals surface area contributed by atoms with Crippen LogP contribution in [-0.4, -0.2) is 34.5 Å². The first-order chi connectivity index (χ1) is 9.15. The zero-order valence-corrected chi connectivity index (χ0v) is 9.80. The Morgan fingerprint density at radius 2 is 2.15 bits per heavy atom. The molecule has 1 aromatic heterocycles. The van der Waals surface area contributed by atoms with Crippen molar-refractivity contribution < 1.29 is 37.5 Å². The van der Waals surface area contributed by atoms with E-state index in [0.29, 0.717) is 6.20 Å². The van der Waals surface area contributed by atoms with Crippen LogP contribution in [0.25, 0.3) is 0 Å². The molecule has 20 heavy (non-hydrogen) atoms. The van der Waals surface area contributed by atoms with E-state index < -0.39 is 46.6 Å². The van der Waals surface area contributed by atoms with Crippen molar-refractivity contribution in [3.63, 3.8) is 0 Å². The molecule has 11 heteroatoms. The van der Waals surface area contributed by atoms with Crippen molar-refractivity contribution in [1.82, 2.24) is 4.98 Å². The van der Waals surface area contributed by atoms with Crippen molar-refractivity contribution >= 4 is 11.7 Å². The Labute approximate surface area is 108 Å². The van der Waals surface area contributed by atoms with Crippen LogP contribution in [0, 0.1) is 10.1 Å². The van der Waals surface area contributed by atoms with E-state index in [2.05, 4.69) is 14.5 Å². The van der Waals surface area contributed by atoms with Gasteiger partial charge in [-0.3, -0.25) is 14.9 Å². The van der Waals surface area contributed by atoms with Crippen LogP contribution < -0.4 is 9.47 Å². The van der Waals surface area contributed by atoms with Gasteiger partial charge in [-0.15, -0.1) is 13.2 Å². The van der Waals surface area contributed by atoms with E-state index in [-0.39, 0.29) is 0 Å². The first kappa shape index (κ1) is 15.5. The molecule has 1 heterocycles. The predicted molar refractivity (Wildman–Crippen MR) is 55.5 cm³/mol.